The molecule has 2 aromatic heterocycles. The van der Waals surface area contributed by atoms with Gasteiger partial charge in [-0.2, -0.15) is 0 Å². The molecule has 3 rings (SSSR count). The zero-order valence-corrected chi connectivity index (χ0v) is 14.0. The van der Waals surface area contributed by atoms with E-state index in [0.717, 1.165) is 29.1 Å². The van der Waals surface area contributed by atoms with Gasteiger partial charge in [0.1, 0.15) is 0 Å². The summed E-state index contributed by atoms with van der Waals surface area (Å²) in [5, 5.41) is 11.8. The zero-order valence-electron chi connectivity index (χ0n) is 13.2. The molecule has 1 saturated heterocycles. The number of pyridine rings is 1. The molecule has 3 heterocycles. The van der Waals surface area contributed by atoms with Crippen LogP contribution in [0.5, 0.6) is 0 Å². The second-order valence-corrected chi connectivity index (χ2v) is 6.75. The Labute approximate surface area is 144 Å². The van der Waals surface area contributed by atoms with Gasteiger partial charge in [-0.3, -0.25) is 14.6 Å². The van der Waals surface area contributed by atoms with Crippen molar-refractivity contribution in [3.05, 3.63) is 34.9 Å². The summed E-state index contributed by atoms with van der Waals surface area (Å²) in [7, 11) is 0. The first kappa shape index (κ1) is 16.6. The van der Waals surface area contributed by atoms with Crippen LogP contribution < -0.4 is 0 Å². The van der Waals surface area contributed by atoms with Crippen molar-refractivity contribution in [2.24, 2.45) is 0 Å². The Morgan fingerprint density at radius 2 is 1.92 bits per heavy atom. The molecule has 2 aromatic rings. The van der Waals surface area contributed by atoms with E-state index in [-0.39, 0.29) is 18.7 Å². The van der Waals surface area contributed by atoms with Gasteiger partial charge in [-0.15, -0.1) is 11.3 Å². The minimum Gasteiger partial charge on any atom is -0.481 e. The molecular formula is C17H19N3O3S. The maximum Gasteiger partial charge on any atom is 0.303 e. The van der Waals surface area contributed by atoms with E-state index in [4.69, 9.17) is 10.1 Å². The molecule has 0 aliphatic carbocycles. The van der Waals surface area contributed by atoms with Crippen molar-refractivity contribution in [3.8, 4) is 11.3 Å². The number of carboxylic acid groups (broad SMARTS) is 1. The molecule has 1 amide bonds. The zero-order chi connectivity index (χ0) is 16.9. The van der Waals surface area contributed by atoms with Gasteiger partial charge in [-0.25, -0.2) is 4.98 Å². The molecule has 1 fully saturated rings. The van der Waals surface area contributed by atoms with Crippen molar-refractivity contribution in [1.29, 1.82) is 0 Å². The number of hydrogen-bond donors (Lipinski definition) is 1. The Balaban J connectivity index is 1.56. The van der Waals surface area contributed by atoms with Crippen molar-refractivity contribution in [3.63, 3.8) is 0 Å². The van der Waals surface area contributed by atoms with Gasteiger partial charge in [-0.1, -0.05) is 0 Å². The average molecular weight is 345 g/mol. The summed E-state index contributed by atoms with van der Waals surface area (Å²) < 4.78 is 0. The Morgan fingerprint density at radius 3 is 2.58 bits per heavy atom. The van der Waals surface area contributed by atoms with E-state index in [0.29, 0.717) is 19.0 Å². The number of amides is 1. The fraction of sp³-hybridized carbons (Fsp3) is 0.412. The third kappa shape index (κ3) is 3.97. The van der Waals surface area contributed by atoms with Crippen LogP contribution in [-0.2, 0) is 9.59 Å². The summed E-state index contributed by atoms with van der Waals surface area (Å²) in [6.07, 6.45) is 5.26. The maximum atomic E-state index is 12.0. The minimum absolute atomic E-state index is 0.0625. The molecule has 24 heavy (non-hydrogen) atoms. The second-order valence-electron chi connectivity index (χ2n) is 5.86. The number of nitrogens with zero attached hydrogens (tertiary/aromatic N) is 3. The maximum absolute atomic E-state index is 12.0. The lowest BCUT2D eigenvalue weighted by Gasteiger charge is -2.31. The SMILES string of the molecule is O=C(O)CCC(=O)N1CCC(c2nc(-c3ccncc3)cs2)CC1. The molecule has 0 saturated carbocycles. The van der Waals surface area contributed by atoms with Crippen LogP contribution in [0.3, 0.4) is 0 Å². The predicted molar refractivity (Wildman–Crippen MR) is 90.8 cm³/mol. The van der Waals surface area contributed by atoms with E-state index in [9.17, 15) is 9.59 Å². The van der Waals surface area contributed by atoms with Crippen LogP contribution in [0.15, 0.2) is 29.9 Å². The highest BCUT2D eigenvalue weighted by Gasteiger charge is 2.25. The number of likely N-dealkylation sites (tertiary alicyclic amines) is 1. The molecule has 126 valence electrons. The molecule has 0 atom stereocenters. The standard InChI is InChI=1S/C17H19N3O3S/c21-15(1-2-16(22)23)20-9-5-13(6-10-20)17-19-14(11-24-17)12-3-7-18-8-4-12/h3-4,7-8,11,13H,1-2,5-6,9-10H2,(H,22,23). The molecule has 1 aliphatic heterocycles. The van der Waals surface area contributed by atoms with Crippen LogP contribution in [0.4, 0.5) is 0 Å². The summed E-state index contributed by atoms with van der Waals surface area (Å²) in [6.45, 7) is 1.35. The summed E-state index contributed by atoms with van der Waals surface area (Å²) in [5.41, 5.74) is 2.03. The lowest BCUT2D eigenvalue weighted by molar-refractivity contribution is -0.141. The van der Waals surface area contributed by atoms with E-state index in [1.54, 1.807) is 28.6 Å². The summed E-state index contributed by atoms with van der Waals surface area (Å²) in [4.78, 5) is 33.1. The molecule has 6 nitrogen and oxygen atoms in total. The number of rotatable bonds is 5. The Morgan fingerprint density at radius 1 is 1.21 bits per heavy atom. The average Bonchev–Trinajstić information content (AvgIpc) is 3.10. The van der Waals surface area contributed by atoms with Crippen molar-refractivity contribution in [2.75, 3.05) is 13.1 Å². The third-order valence-electron chi connectivity index (χ3n) is 4.25. The molecule has 7 heteroatoms. The van der Waals surface area contributed by atoms with Crippen LogP contribution in [0.2, 0.25) is 0 Å². The summed E-state index contributed by atoms with van der Waals surface area (Å²) in [6, 6.07) is 3.89. The molecular weight excluding hydrogens is 326 g/mol. The van der Waals surface area contributed by atoms with E-state index in [1.807, 2.05) is 12.1 Å². The lowest BCUT2D eigenvalue weighted by atomic mass is 9.97. The first-order valence-electron chi connectivity index (χ1n) is 7.99. The smallest absolute Gasteiger partial charge is 0.303 e. The highest BCUT2D eigenvalue weighted by atomic mass is 32.1. The van der Waals surface area contributed by atoms with Gasteiger partial charge in [-0.05, 0) is 25.0 Å². The summed E-state index contributed by atoms with van der Waals surface area (Å²) in [5.74, 6) is -0.619. The predicted octanol–water partition coefficient (Wildman–Crippen LogP) is 2.78. The number of aliphatic carboxylic acids is 1. The van der Waals surface area contributed by atoms with Crippen molar-refractivity contribution in [1.82, 2.24) is 14.9 Å². The number of hydrogen-bond acceptors (Lipinski definition) is 5. The molecule has 0 spiro atoms. The largest absolute Gasteiger partial charge is 0.481 e. The van der Waals surface area contributed by atoms with Gasteiger partial charge in [0.15, 0.2) is 0 Å². The second kappa shape index (κ2) is 7.53. The highest BCUT2D eigenvalue weighted by Crippen LogP contribution is 2.32. The number of thiazole rings is 1. The van der Waals surface area contributed by atoms with Gasteiger partial charge in [0.2, 0.25) is 5.91 Å². The van der Waals surface area contributed by atoms with Gasteiger partial charge < -0.3 is 10.0 Å². The Hall–Kier alpha value is -2.28. The summed E-state index contributed by atoms with van der Waals surface area (Å²) >= 11 is 1.66. The number of carbonyl (C=O) groups is 2. The molecule has 0 unspecified atom stereocenters. The van der Waals surface area contributed by atoms with Gasteiger partial charge in [0.25, 0.3) is 0 Å². The van der Waals surface area contributed by atoms with E-state index in [2.05, 4.69) is 10.4 Å². The van der Waals surface area contributed by atoms with Gasteiger partial charge in [0.05, 0.1) is 17.1 Å². The van der Waals surface area contributed by atoms with Crippen LogP contribution >= 0.6 is 11.3 Å². The topological polar surface area (TPSA) is 83.4 Å². The molecule has 0 aromatic carbocycles. The number of carbonyl (C=O) groups excluding carboxylic acids is 1. The first-order chi connectivity index (χ1) is 11.6. The van der Waals surface area contributed by atoms with Gasteiger partial charge >= 0.3 is 5.97 Å². The molecule has 0 radical (unpaired) electrons. The molecule has 0 bridgehead atoms. The van der Waals surface area contributed by atoms with E-state index >= 15 is 0 Å². The van der Waals surface area contributed by atoms with Crippen LogP contribution in [0.1, 0.15) is 36.6 Å². The van der Waals surface area contributed by atoms with Gasteiger partial charge in [0, 0.05) is 48.8 Å². The molecule has 1 aliphatic rings. The Kier molecular flexibility index (Phi) is 5.20. The monoisotopic (exact) mass is 345 g/mol. The number of aromatic nitrogens is 2. The lowest BCUT2D eigenvalue weighted by Crippen LogP contribution is -2.38. The van der Waals surface area contributed by atoms with E-state index < -0.39 is 5.97 Å². The Bertz CT molecular complexity index is 709. The first-order valence-corrected chi connectivity index (χ1v) is 8.87. The van der Waals surface area contributed by atoms with Crippen LogP contribution in [0.25, 0.3) is 11.3 Å². The van der Waals surface area contributed by atoms with Crippen LogP contribution in [-0.4, -0.2) is 44.9 Å². The van der Waals surface area contributed by atoms with Crippen molar-refractivity contribution >= 4 is 23.2 Å². The molecule has 1 N–H and O–H groups in total. The quantitative estimate of drug-likeness (QED) is 0.901. The number of carboxylic acids is 1. The van der Waals surface area contributed by atoms with Crippen LogP contribution in [0, 0.1) is 0 Å². The minimum atomic E-state index is -0.926. The van der Waals surface area contributed by atoms with Crippen molar-refractivity contribution < 1.29 is 14.7 Å². The third-order valence-corrected chi connectivity index (χ3v) is 5.25. The van der Waals surface area contributed by atoms with E-state index in [1.165, 1.54) is 0 Å². The number of piperidine rings is 1. The van der Waals surface area contributed by atoms with Crippen molar-refractivity contribution in [2.45, 2.75) is 31.6 Å². The highest BCUT2D eigenvalue weighted by molar-refractivity contribution is 7.10. The fourth-order valence-electron chi connectivity index (χ4n) is 2.88. The fourth-order valence-corrected chi connectivity index (χ4v) is 3.88. The normalized spacial score (nSPS) is 15.4.